The standard InChI is InChI=1S/C20H26N2O2/c1-3-10-11-8-14-17-20(12-6-4-5-7-13(12)21(17)2)9-15(16(11)18(20)23)22(14)19(10)24/h4-7,10-11,14-19,23-24H,3,8-9H2,1-2H3/t10-,11+,14+,15-,16-,17+,18+,19-,20-/m0/s1. The molecule has 2 N–H and O–H groups in total. The van der Waals surface area contributed by atoms with Crippen molar-refractivity contribution in [3.63, 3.8) is 0 Å². The molecule has 7 rings (SSSR count). The second kappa shape index (κ2) is 4.17. The molecule has 4 saturated heterocycles. The number of rotatable bonds is 1. The Bertz CT molecular complexity index is 723. The van der Waals surface area contributed by atoms with E-state index in [4.69, 9.17) is 0 Å². The van der Waals surface area contributed by atoms with Crippen LogP contribution in [0.4, 0.5) is 5.69 Å². The molecule has 128 valence electrons. The van der Waals surface area contributed by atoms with Gasteiger partial charge in [0.25, 0.3) is 0 Å². The van der Waals surface area contributed by atoms with Crippen LogP contribution in [0.3, 0.4) is 0 Å². The van der Waals surface area contributed by atoms with E-state index in [2.05, 4.69) is 48.0 Å². The Kier molecular flexibility index (Phi) is 2.45. The van der Waals surface area contributed by atoms with Gasteiger partial charge in [-0.15, -0.1) is 0 Å². The highest BCUT2D eigenvalue weighted by atomic mass is 16.3. The maximum absolute atomic E-state index is 11.6. The molecular weight excluding hydrogens is 300 g/mol. The third-order valence-corrected chi connectivity index (χ3v) is 8.46. The van der Waals surface area contributed by atoms with Crippen LogP contribution >= 0.6 is 0 Å². The molecule has 6 aliphatic rings. The number of para-hydroxylation sites is 1. The van der Waals surface area contributed by atoms with Gasteiger partial charge >= 0.3 is 0 Å². The van der Waals surface area contributed by atoms with Gasteiger partial charge in [0.1, 0.15) is 6.23 Å². The Hall–Kier alpha value is -1.10. The monoisotopic (exact) mass is 326 g/mol. The van der Waals surface area contributed by atoms with Gasteiger partial charge in [-0.1, -0.05) is 25.1 Å². The van der Waals surface area contributed by atoms with E-state index in [9.17, 15) is 10.2 Å². The summed E-state index contributed by atoms with van der Waals surface area (Å²) >= 11 is 0. The van der Waals surface area contributed by atoms with Gasteiger partial charge in [-0.05, 0) is 36.8 Å². The van der Waals surface area contributed by atoms with Gasteiger partial charge < -0.3 is 15.1 Å². The molecule has 5 aliphatic heterocycles. The van der Waals surface area contributed by atoms with Crippen LogP contribution < -0.4 is 4.90 Å². The number of piperidine rings is 4. The van der Waals surface area contributed by atoms with E-state index in [1.165, 1.54) is 11.3 Å². The Morgan fingerprint density at radius 1 is 1.21 bits per heavy atom. The fraction of sp³-hybridized carbons (Fsp3) is 0.700. The number of aliphatic hydroxyl groups excluding tert-OH is 2. The molecule has 1 aliphatic carbocycles. The normalized spacial score (nSPS) is 55.8. The molecule has 0 amide bonds. The maximum Gasteiger partial charge on any atom is 0.111 e. The number of hydrogen-bond acceptors (Lipinski definition) is 4. The summed E-state index contributed by atoms with van der Waals surface area (Å²) < 4.78 is 0. The number of fused-ring (bicyclic) bond motifs is 2. The van der Waals surface area contributed by atoms with Crippen molar-refractivity contribution in [3.05, 3.63) is 29.8 Å². The van der Waals surface area contributed by atoms with E-state index in [1.54, 1.807) is 0 Å². The largest absolute Gasteiger partial charge is 0.392 e. The fourth-order valence-electron chi connectivity index (χ4n) is 7.88. The summed E-state index contributed by atoms with van der Waals surface area (Å²) in [6.07, 6.45) is 2.56. The minimum absolute atomic E-state index is 0.126. The van der Waals surface area contributed by atoms with Crippen molar-refractivity contribution < 1.29 is 10.2 Å². The van der Waals surface area contributed by atoms with Crippen molar-refractivity contribution in [2.75, 3.05) is 11.9 Å². The first kappa shape index (κ1) is 14.1. The molecule has 4 nitrogen and oxygen atoms in total. The zero-order valence-electron chi connectivity index (χ0n) is 14.3. The number of aliphatic hydroxyl groups is 2. The quantitative estimate of drug-likeness (QED) is 0.822. The maximum atomic E-state index is 11.6. The molecule has 1 spiro atoms. The average molecular weight is 326 g/mol. The van der Waals surface area contributed by atoms with Crippen molar-refractivity contribution in [3.8, 4) is 0 Å². The predicted molar refractivity (Wildman–Crippen MR) is 91.7 cm³/mol. The van der Waals surface area contributed by atoms with E-state index >= 15 is 0 Å². The minimum atomic E-state index is -0.319. The second-order valence-corrected chi connectivity index (χ2v) is 8.81. The summed E-state index contributed by atoms with van der Waals surface area (Å²) in [6.45, 7) is 2.19. The van der Waals surface area contributed by atoms with Gasteiger partial charge in [0.2, 0.25) is 0 Å². The SMILES string of the molecule is CC[C@H]1[C@H]2C[C@@H]3[C@H]4N(C)c5ccccc5[C@@]45C[C@@H]([C@H]2[C@H]5O)N3[C@H]1O. The molecule has 1 aromatic rings. The van der Waals surface area contributed by atoms with Gasteiger partial charge in [-0.25, -0.2) is 0 Å². The van der Waals surface area contributed by atoms with E-state index < -0.39 is 0 Å². The summed E-state index contributed by atoms with van der Waals surface area (Å²) in [4.78, 5) is 4.83. The number of hydrogen-bond donors (Lipinski definition) is 2. The molecule has 24 heavy (non-hydrogen) atoms. The van der Waals surface area contributed by atoms with Gasteiger partial charge in [-0.3, -0.25) is 4.90 Å². The Morgan fingerprint density at radius 2 is 2.00 bits per heavy atom. The summed E-state index contributed by atoms with van der Waals surface area (Å²) in [5.74, 6) is 1.14. The summed E-state index contributed by atoms with van der Waals surface area (Å²) in [5.41, 5.74) is 2.51. The van der Waals surface area contributed by atoms with E-state index in [1.807, 2.05) is 0 Å². The molecule has 5 bridgehead atoms. The van der Waals surface area contributed by atoms with Crippen LogP contribution in [0.2, 0.25) is 0 Å². The van der Waals surface area contributed by atoms with Gasteiger partial charge in [0, 0.05) is 42.1 Å². The third-order valence-electron chi connectivity index (χ3n) is 8.46. The van der Waals surface area contributed by atoms with Crippen LogP contribution in [0.25, 0.3) is 0 Å². The van der Waals surface area contributed by atoms with E-state index in [0.717, 1.165) is 19.3 Å². The molecule has 4 heteroatoms. The second-order valence-electron chi connectivity index (χ2n) is 8.81. The lowest BCUT2D eigenvalue weighted by atomic mass is 9.62. The molecule has 1 unspecified atom stereocenters. The van der Waals surface area contributed by atoms with Crippen molar-refractivity contribution in [1.29, 1.82) is 0 Å². The van der Waals surface area contributed by atoms with Crippen LogP contribution in [-0.2, 0) is 5.41 Å². The fourth-order valence-corrected chi connectivity index (χ4v) is 7.88. The lowest BCUT2D eigenvalue weighted by Crippen LogP contribution is -2.72. The summed E-state index contributed by atoms with van der Waals surface area (Å²) in [6, 6.07) is 9.70. The van der Waals surface area contributed by atoms with Crippen molar-refractivity contribution in [2.24, 2.45) is 17.8 Å². The lowest BCUT2D eigenvalue weighted by Gasteiger charge is -2.62. The zero-order valence-corrected chi connectivity index (χ0v) is 14.3. The van der Waals surface area contributed by atoms with Crippen molar-refractivity contribution in [2.45, 2.75) is 62.1 Å². The van der Waals surface area contributed by atoms with Gasteiger partial charge in [0.05, 0.1) is 12.1 Å². The molecule has 1 aromatic carbocycles. The van der Waals surface area contributed by atoms with Crippen LogP contribution in [0.15, 0.2) is 24.3 Å². The number of anilines is 1. The summed E-state index contributed by atoms with van der Waals surface area (Å²) in [7, 11) is 2.19. The first-order valence-corrected chi connectivity index (χ1v) is 9.57. The highest BCUT2D eigenvalue weighted by molar-refractivity contribution is 5.67. The topological polar surface area (TPSA) is 46.9 Å². The van der Waals surface area contributed by atoms with Crippen molar-refractivity contribution >= 4 is 5.69 Å². The van der Waals surface area contributed by atoms with E-state index in [-0.39, 0.29) is 17.7 Å². The molecule has 5 fully saturated rings. The lowest BCUT2D eigenvalue weighted by molar-refractivity contribution is -0.211. The number of benzene rings is 1. The Balaban J connectivity index is 1.60. The zero-order chi connectivity index (χ0) is 16.4. The number of nitrogens with zero attached hydrogens (tertiary/aromatic N) is 2. The minimum Gasteiger partial charge on any atom is -0.392 e. The predicted octanol–water partition coefficient (Wildman–Crippen LogP) is 1.55. The molecule has 0 aromatic heterocycles. The molecule has 0 radical (unpaired) electrons. The molecule has 10 atom stereocenters. The molecule has 5 heterocycles. The molecule has 1 saturated carbocycles. The van der Waals surface area contributed by atoms with Crippen molar-refractivity contribution in [1.82, 2.24) is 4.90 Å². The smallest absolute Gasteiger partial charge is 0.111 e. The van der Waals surface area contributed by atoms with Gasteiger partial charge in [-0.2, -0.15) is 0 Å². The highest BCUT2D eigenvalue weighted by Gasteiger charge is 2.76. The first-order valence-electron chi connectivity index (χ1n) is 9.57. The van der Waals surface area contributed by atoms with Crippen LogP contribution in [-0.4, -0.2) is 52.6 Å². The highest BCUT2D eigenvalue weighted by Crippen LogP contribution is 2.68. The molecular formula is C20H26N2O2. The average Bonchev–Trinajstić information content (AvgIpc) is 2.97. The number of likely N-dealkylation sites (N-methyl/N-ethyl adjacent to an activating group) is 1. The Labute approximate surface area is 143 Å². The van der Waals surface area contributed by atoms with E-state index in [0.29, 0.717) is 35.9 Å². The van der Waals surface area contributed by atoms with Crippen LogP contribution in [0, 0.1) is 17.8 Å². The third kappa shape index (κ3) is 1.20. The Morgan fingerprint density at radius 3 is 2.79 bits per heavy atom. The first-order chi connectivity index (χ1) is 11.6. The van der Waals surface area contributed by atoms with Gasteiger partial charge in [0.15, 0.2) is 0 Å². The van der Waals surface area contributed by atoms with Crippen LogP contribution in [0.1, 0.15) is 31.7 Å². The summed E-state index contributed by atoms with van der Waals surface area (Å²) in [5, 5.41) is 22.6. The van der Waals surface area contributed by atoms with Crippen LogP contribution in [0.5, 0.6) is 0 Å².